The summed E-state index contributed by atoms with van der Waals surface area (Å²) in [6.45, 7) is 6.18. The molecule has 5 nitrogen and oxygen atoms in total. The number of amides is 1. The number of thiophene rings is 1. The summed E-state index contributed by atoms with van der Waals surface area (Å²) < 4.78 is 2.11. The average molecular weight is 399 g/mol. The SMILES string of the molecule is Cc1sc2c(c1C)C(c1ccc(Cl)cc1)=N[C@@H](CC(N)=O)c1cnc(C)n1-2. The van der Waals surface area contributed by atoms with Crippen LogP contribution in [0.2, 0.25) is 5.02 Å². The van der Waals surface area contributed by atoms with E-state index in [1.165, 1.54) is 10.4 Å². The molecule has 0 saturated carbocycles. The molecule has 27 heavy (non-hydrogen) atoms. The number of nitrogens with zero attached hydrogens (tertiary/aromatic N) is 3. The zero-order valence-corrected chi connectivity index (χ0v) is 16.9. The van der Waals surface area contributed by atoms with Crippen LogP contribution < -0.4 is 5.73 Å². The van der Waals surface area contributed by atoms with Crippen molar-refractivity contribution in [2.24, 2.45) is 10.7 Å². The minimum absolute atomic E-state index is 0.134. The smallest absolute Gasteiger partial charge is 0.219 e. The Bertz CT molecular complexity index is 1080. The summed E-state index contributed by atoms with van der Waals surface area (Å²) in [7, 11) is 0. The van der Waals surface area contributed by atoms with Crippen molar-refractivity contribution in [3.05, 3.63) is 68.6 Å². The minimum atomic E-state index is -0.386. The second kappa shape index (κ2) is 6.62. The molecule has 0 bridgehead atoms. The summed E-state index contributed by atoms with van der Waals surface area (Å²) in [6.07, 6.45) is 1.93. The van der Waals surface area contributed by atoms with Gasteiger partial charge in [-0.3, -0.25) is 14.4 Å². The molecule has 0 fully saturated rings. The van der Waals surface area contributed by atoms with Gasteiger partial charge in [-0.05, 0) is 38.5 Å². The number of nitrogens with two attached hydrogens (primary N) is 1. The maximum atomic E-state index is 11.7. The Hall–Kier alpha value is -2.44. The van der Waals surface area contributed by atoms with Crippen LogP contribution in [0.5, 0.6) is 0 Å². The molecule has 1 atom stereocenters. The van der Waals surface area contributed by atoms with Crippen molar-refractivity contribution in [3.63, 3.8) is 0 Å². The number of carbonyl (C=O) groups is 1. The van der Waals surface area contributed by atoms with Crippen LogP contribution in [0.4, 0.5) is 0 Å². The van der Waals surface area contributed by atoms with Crippen molar-refractivity contribution in [1.82, 2.24) is 9.55 Å². The zero-order valence-electron chi connectivity index (χ0n) is 15.3. The topological polar surface area (TPSA) is 73.3 Å². The van der Waals surface area contributed by atoms with Crippen LogP contribution in [0.25, 0.3) is 5.00 Å². The van der Waals surface area contributed by atoms with Gasteiger partial charge in [0.05, 0.1) is 24.0 Å². The van der Waals surface area contributed by atoms with E-state index in [1.54, 1.807) is 17.5 Å². The number of halogens is 1. The lowest BCUT2D eigenvalue weighted by molar-refractivity contribution is -0.118. The molecule has 4 rings (SSSR count). The molecule has 0 saturated heterocycles. The Morgan fingerprint density at radius 2 is 1.96 bits per heavy atom. The second-order valence-corrected chi connectivity index (χ2v) is 8.34. The van der Waals surface area contributed by atoms with Crippen LogP contribution >= 0.6 is 22.9 Å². The van der Waals surface area contributed by atoms with Crippen molar-refractivity contribution >= 4 is 34.6 Å². The Kier molecular flexibility index (Phi) is 4.40. The number of aromatic nitrogens is 2. The van der Waals surface area contributed by atoms with E-state index < -0.39 is 0 Å². The van der Waals surface area contributed by atoms with Gasteiger partial charge < -0.3 is 5.73 Å². The van der Waals surface area contributed by atoms with Gasteiger partial charge in [0.2, 0.25) is 5.91 Å². The van der Waals surface area contributed by atoms with E-state index in [0.29, 0.717) is 5.02 Å². The summed E-state index contributed by atoms with van der Waals surface area (Å²) in [5.41, 5.74) is 10.5. The van der Waals surface area contributed by atoms with Crippen LogP contribution in [-0.4, -0.2) is 21.2 Å². The first kappa shape index (κ1) is 17.9. The van der Waals surface area contributed by atoms with Crippen LogP contribution in [-0.2, 0) is 4.79 Å². The predicted molar refractivity (Wildman–Crippen MR) is 109 cm³/mol. The van der Waals surface area contributed by atoms with Gasteiger partial charge >= 0.3 is 0 Å². The highest BCUT2D eigenvalue weighted by molar-refractivity contribution is 7.15. The van der Waals surface area contributed by atoms with Crippen molar-refractivity contribution in [2.75, 3.05) is 0 Å². The van der Waals surface area contributed by atoms with E-state index in [4.69, 9.17) is 22.3 Å². The van der Waals surface area contributed by atoms with Gasteiger partial charge in [-0.1, -0.05) is 23.7 Å². The number of fused-ring (bicyclic) bond motifs is 3. The molecule has 2 N–H and O–H groups in total. The van der Waals surface area contributed by atoms with E-state index >= 15 is 0 Å². The van der Waals surface area contributed by atoms with E-state index in [1.807, 2.05) is 31.2 Å². The highest BCUT2D eigenvalue weighted by atomic mass is 35.5. The van der Waals surface area contributed by atoms with E-state index in [2.05, 4.69) is 23.4 Å². The third-order valence-electron chi connectivity index (χ3n) is 4.91. The maximum Gasteiger partial charge on any atom is 0.219 e. The zero-order chi connectivity index (χ0) is 19.3. The molecule has 138 valence electrons. The van der Waals surface area contributed by atoms with Crippen LogP contribution in [0.15, 0.2) is 35.5 Å². The first-order valence-corrected chi connectivity index (χ1v) is 9.83. The average Bonchev–Trinajstić information content (AvgIpc) is 3.08. The highest BCUT2D eigenvalue weighted by Gasteiger charge is 2.30. The summed E-state index contributed by atoms with van der Waals surface area (Å²) in [5, 5.41) is 1.75. The lowest BCUT2D eigenvalue weighted by Gasteiger charge is -2.12. The first-order valence-electron chi connectivity index (χ1n) is 8.63. The monoisotopic (exact) mass is 398 g/mol. The fourth-order valence-corrected chi connectivity index (χ4v) is 4.81. The molecule has 3 heterocycles. The molecule has 1 aromatic carbocycles. The normalized spacial score (nSPS) is 15.7. The number of hydrogen-bond donors (Lipinski definition) is 1. The predicted octanol–water partition coefficient (Wildman–Crippen LogP) is 4.28. The second-order valence-electron chi connectivity index (χ2n) is 6.70. The lowest BCUT2D eigenvalue weighted by Crippen LogP contribution is -2.16. The number of primary amides is 1. The number of imidazole rings is 1. The van der Waals surface area contributed by atoms with Crippen LogP contribution in [0.3, 0.4) is 0 Å². The number of aliphatic imine (C=N–C) groups is 1. The number of rotatable bonds is 3. The van der Waals surface area contributed by atoms with Crippen molar-refractivity contribution in [3.8, 4) is 5.00 Å². The van der Waals surface area contributed by atoms with Crippen molar-refractivity contribution < 1.29 is 4.79 Å². The van der Waals surface area contributed by atoms with Gasteiger partial charge in [0.1, 0.15) is 16.9 Å². The largest absolute Gasteiger partial charge is 0.370 e. The summed E-state index contributed by atoms with van der Waals surface area (Å²) in [6, 6.07) is 7.26. The summed E-state index contributed by atoms with van der Waals surface area (Å²) in [5.74, 6) is 0.484. The fraction of sp³-hybridized carbons (Fsp3) is 0.250. The molecule has 0 spiro atoms. The van der Waals surface area contributed by atoms with Crippen LogP contribution in [0, 0.1) is 20.8 Å². The van der Waals surface area contributed by atoms with Gasteiger partial charge in [0.15, 0.2) is 0 Å². The number of benzene rings is 1. The molecule has 0 aliphatic carbocycles. The fourth-order valence-electron chi connectivity index (χ4n) is 3.46. The highest BCUT2D eigenvalue weighted by Crippen LogP contribution is 2.40. The molecule has 7 heteroatoms. The number of carbonyl (C=O) groups excluding carboxylic acids is 1. The Morgan fingerprint density at radius 1 is 1.26 bits per heavy atom. The molecular formula is C20H19ClN4OS. The van der Waals surface area contributed by atoms with E-state index in [9.17, 15) is 4.79 Å². The van der Waals surface area contributed by atoms with Crippen LogP contribution in [0.1, 0.15) is 45.5 Å². The first-order chi connectivity index (χ1) is 12.9. The molecule has 0 unspecified atom stereocenters. The van der Waals surface area contributed by atoms with Gasteiger partial charge in [-0.15, -0.1) is 11.3 Å². The summed E-state index contributed by atoms with van der Waals surface area (Å²) in [4.78, 5) is 22.4. The quantitative estimate of drug-likeness (QED) is 0.715. The Labute approximate surface area is 166 Å². The van der Waals surface area contributed by atoms with Gasteiger partial charge in [0, 0.05) is 21.0 Å². The lowest BCUT2D eigenvalue weighted by atomic mass is 9.99. The third-order valence-corrected chi connectivity index (χ3v) is 6.36. The van der Waals surface area contributed by atoms with Crippen molar-refractivity contribution in [1.29, 1.82) is 0 Å². The van der Waals surface area contributed by atoms with E-state index in [0.717, 1.165) is 33.4 Å². The van der Waals surface area contributed by atoms with Crippen molar-refractivity contribution in [2.45, 2.75) is 33.2 Å². The standard InChI is InChI=1S/C20H19ClN4OS/c1-10-11(2)27-20-18(10)19(13-4-6-14(21)7-5-13)24-15(8-17(22)26)16-9-23-12(3)25(16)20/h4-7,9,15H,8H2,1-3H3,(H2,22,26)/t15-/m0/s1. The van der Waals surface area contributed by atoms with Gasteiger partial charge in [-0.25, -0.2) is 4.98 Å². The maximum absolute atomic E-state index is 11.7. The van der Waals surface area contributed by atoms with E-state index in [-0.39, 0.29) is 18.4 Å². The van der Waals surface area contributed by atoms with Gasteiger partial charge in [-0.2, -0.15) is 0 Å². The molecule has 3 aromatic rings. The molecule has 1 amide bonds. The molecule has 1 aliphatic rings. The number of aryl methyl sites for hydroxylation is 2. The Balaban J connectivity index is 2.04. The Morgan fingerprint density at radius 3 is 2.63 bits per heavy atom. The molecule has 2 aromatic heterocycles. The molecule has 0 radical (unpaired) electrons. The van der Waals surface area contributed by atoms with Gasteiger partial charge in [0.25, 0.3) is 0 Å². The third kappa shape index (κ3) is 2.99. The molecule has 1 aliphatic heterocycles. The number of hydrogen-bond acceptors (Lipinski definition) is 4. The summed E-state index contributed by atoms with van der Waals surface area (Å²) >= 11 is 7.79. The minimum Gasteiger partial charge on any atom is -0.370 e. The molecular weight excluding hydrogens is 380 g/mol.